The molecule has 1 saturated carbocycles. The zero-order valence-corrected chi connectivity index (χ0v) is 14.6. The van der Waals surface area contributed by atoms with Crippen LogP contribution in [0.25, 0.3) is 0 Å². The van der Waals surface area contributed by atoms with Crippen LogP contribution in [0.1, 0.15) is 25.7 Å². The summed E-state index contributed by atoms with van der Waals surface area (Å²) >= 11 is 0. The Morgan fingerprint density at radius 1 is 0.909 bits per heavy atom. The fourth-order valence-electron chi connectivity index (χ4n) is 4.58. The van der Waals surface area contributed by atoms with E-state index >= 15 is 0 Å². The third kappa shape index (κ3) is 2.91. The van der Waals surface area contributed by atoms with E-state index in [9.17, 15) is 8.42 Å². The molecule has 1 N–H and O–H groups in total. The van der Waals surface area contributed by atoms with Crippen molar-refractivity contribution in [2.75, 3.05) is 45.8 Å². The lowest BCUT2D eigenvalue weighted by atomic mass is 10.1. The van der Waals surface area contributed by atoms with Crippen molar-refractivity contribution < 1.29 is 8.42 Å². The number of rotatable bonds is 3. The molecule has 4 rings (SSSR count). The number of nitrogens with zero attached hydrogens (tertiary/aromatic N) is 3. The first-order chi connectivity index (χ1) is 10.1. The number of halogens is 1. The SMILES string of the molecule is Cl.O=S(=O)(N1CCC(N2CCNCC2)C1)N1CC2CCC1C2. The van der Waals surface area contributed by atoms with E-state index in [0.717, 1.165) is 52.0 Å². The molecule has 22 heavy (non-hydrogen) atoms. The molecule has 0 radical (unpaired) electrons. The Kier molecular flexibility index (Phi) is 5.02. The molecular formula is C14H27ClN4O2S. The van der Waals surface area contributed by atoms with E-state index < -0.39 is 10.2 Å². The molecule has 6 nitrogen and oxygen atoms in total. The quantitative estimate of drug-likeness (QED) is 0.785. The molecule has 0 spiro atoms. The minimum absolute atomic E-state index is 0. The number of nitrogens with one attached hydrogen (secondary N) is 1. The van der Waals surface area contributed by atoms with Gasteiger partial charge in [0.2, 0.25) is 0 Å². The van der Waals surface area contributed by atoms with Gasteiger partial charge < -0.3 is 5.32 Å². The van der Waals surface area contributed by atoms with Crippen LogP contribution in [0.5, 0.6) is 0 Å². The summed E-state index contributed by atoms with van der Waals surface area (Å²) in [5, 5.41) is 3.36. The van der Waals surface area contributed by atoms with Crippen LogP contribution in [0.4, 0.5) is 0 Å². The average molecular weight is 351 g/mol. The molecule has 128 valence electrons. The Balaban J connectivity index is 0.00000144. The fourth-order valence-corrected chi connectivity index (χ4v) is 6.54. The van der Waals surface area contributed by atoms with Gasteiger partial charge in [0.05, 0.1) is 0 Å². The molecule has 4 aliphatic rings. The number of hydrogen-bond donors (Lipinski definition) is 1. The van der Waals surface area contributed by atoms with E-state index in [1.54, 1.807) is 8.61 Å². The van der Waals surface area contributed by atoms with Crippen LogP contribution < -0.4 is 5.32 Å². The van der Waals surface area contributed by atoms with E-state index in [2.05, 4.69) is 10.2 Å². The van der Waals surface area contributed by atoms with Gasteiger partial charge in [-0.25, -0.2) is 0 Å². The molecule has 1 aliphatic carbocycles. The molecule has 0 aromatic rings. The van der Waals surface area contributed by atoms with Crippen LogP contribution in [0.2, 0.25) is 0 Å². The average Bonchev–Trinajstić information content (AvgIpc) is 3.24. The van der Waals surface area contributed by atoms with Gasteiger partial charge in [-0.15, -0.1) is 12.4 Å². The Hall–Kier alpha value is 0.0800. The van der Waals surface area contributed by atoms with E-state index in [-0.39, 0.29) is 12.4 Å². The Labute approximate surface area is 139 Å². The van der Waals surface area contributed by atoms with Crippen molar-refractivity contribution in [1.29, 1.82) is 0 Å². The van der Waals surface area contributed by atoms with Crippen LogP contribution in [0.3, 0.4) is 0 Å². The molecule has 8 heteroatoms. The zero-order valence-electron chi connectivity index (χ0n) is 13.0. The number of piperazine rings is 1. The minimum Gasteiger partial charge on any atom is -0.314 e. The lowest BCUT2D eigenvalue weighted by molar-refractivity contribution is 0.178. The van der Waals surface area contributed by atoms with E-state index in [1.165, 1.54) is 6.42 Å². The van der Waals surface area contributed by atoms with Crippen molar-refractivity contribution in [2.45, 2.75) is 37.8 Å². The predicted octanol–water partition coefficient (Wildman–Crippen LogP) is 0.117. The monoisotopic (exact) mass is 350 g/mol. The third-order valence-corrected chi connectivity index (χ3v) is 7.80. The molecule has 3 saturated heterocycles. The second kappa shape index (κ2) is 6.53. The summed E-state index contributed by atoms with van der Waals surface area (Å²) in [6.45, 7) is 6.31. The van der Waals surface area contributed by atoms with Gasteiger partial charge in [-0.3, -0.25) is 4.90 Å². The second-order valence-electron chi connectivity index (χ2n) is 7.00. The highest BCUT2D eigenvalue weighted by Crippen LogP contribution is 2.40. The number of piperidine rings is 1. The molecule has 0 aromatic carbocycles. The maximum atomic E-state index is 12.9. The summed E-state index contributed by atoms with van der Waals surface area (Å²) in [4.78, 5) is 2.46. The maximum absolute atomic E-state index is 12.9. The Bertz CT molecular complexity index is 497. The smallest absolute Gasteiger partial charge is 0.282 e. The van der Waals surface area contributed by atoms with Gasteiger partial charge in [-0.2, -0.15) is 17.0 Å². The first-order valence-corrected chi connectivity index (χ1v) is 9.76. The molecule has 3 heterocycles. The summed E-state index contributed by atoms with van der Waals surface area (Å²) in [5.41, 5.74) is 0. The van der Waals surface area contributed by atoms with Gasteiger partial charge in [0.1, 0.15) is 0 Å². The van der Waals surface area contributed by atoms with E-state index in [1.807, 2.05) is 0 Å². The molecule has 2 bridgehead atoms. The van der Waals surface area contributed by atoms with Crippen LogP contribution in [-0.2, 0) is 10.2 Å². The van der Waals surface area contributed by atoms with Crippen molar-refractivity contribution in [1.82, 2.24) is 18.8 Å². The molecule has 4 fully saturated rings. The van der Waals surface area contributed by atoms with E-state index in [4.69, 9.17) is 0 Å². The van der Waals surface area contributed by atoms with Crippen LogP contribution in [0, 0.1) is 5.92 Å². The summed E-state index contributed by atoms with van der Waals surface area (Å²) in [6.07, 6.45) is 4.37. The zero-order chi connectivity index (χ0) is 14.4. The third-order valence-electron chi connectivity index (χ3n) is 5.78. The second-order valence-corrected chi connectivity index (χ2v) is 8.88. The van der Waals surface area contributed by atoms with Gasteiger partial charge >= 0.3 is 0 Å². The topological polar surface area (TPSA) is 55.9 Å². The number of fused-ring (bicyclic) bond motifs is 2. The lowest BCUT2D eigenvalue weighted by Gasteiger charge is -2.33. The molecule has 3 unspecified atom stereocenters. The standard InChI is InChI=1S/C14H26N4O2S.ClH/c19-21(20,18-10-12-1-2-13(18)9-12)17-6-3-14(11-17)16-7-4-15-5-8-16;/h12-15H,1-11H2;1H. The summed E-state index contributed by atoms with van der Waals surface area (Å²) < 4.78 is 29.3. The number of hydrogen-bond acceptors (Lipinski definition) is 4. The van der Waals surface area contributed by atoms with Crippen molar-refractivity contribution in [3.63, 3.8) is 0 Å². The lowest BCUT2D eigenvalue weighted by Crippen LogP contribution is -2.51. The van der Waals surface area contributed by atoms with Gasteiger partial charge in [0, 0.05) is 57.9 Å². The summed E-state index contributed by atoms with van der Waals surface area (Å²) in [7, 11) is -3.22. The van der Waals surface area contributed by atoms with Gasteiger partial charge in [0.15, 0.2) is 0 Å². The Morgan fingerprint density at radius 2 is 1.68 bits per heavy atom. The Morgan fingerprint density at radius 3 is 2.32 bits per heavy atom. The van der Waals surface area contributed by atoms with Crippen LogP contribution in [-0.4, -0.2) is 79.8 Å². The van der Waals surface area contributed by atoms with Gasteiger partial charge in [-0.05, 0) is 31.6 Å². The molecule has 3 atom stereocenters. The highest BCUT2D eigenvalue weighted by atomic mass is 35.5. The van der Waals surface area contributed by atoms with Gasteiger partial charge in [-0.1, -0.05) is 0 Å². The van der Waals surface area contributed by atoms with Crippen molar-refractivity contribution in [3.8, 4) is 0 Å². The first kappa shape index (κ1) is 16.9. The van der Waals surface area contributed by atoms with Crippen molar-refractivity contribution >= 4 is 22.6 Å². The normalized spacial score (nSPS) is 37.5. The van der Waals surface area contributed by atoms with Crippen LogP contribution >= 0.6 is 12.4 Å². The van der Waals surface area contributed by atoms with E-state index in [0.29, 0.717) is 31.1 Å². The summed E-state index contributed by atoms with van der Waals surface area (Å²) in [5.74, 6) is 0.622. The maximum Gasteiger partial charge on any atom is 0.282 e. The molecule has 0 aromatic heterocycles. The molecular weight excluding hydrogens is 324 g/mol. The summed E-state index contributed by atoms with van der Waals surface area (Å²) in [6, 6.07) is 0.708. The highest BCUT2D eigenvalue weighted by Gasteiger charge is 2.47. The predicted molar refractivity (Wildman–Crippen MR) is 88.4 cm³/mol. The minimum atomic E-state index is -3.22. The fraction of sp³-hybridized carbons (Fsp3) is 1.00. The molecule has 0 amide bonds. The largest absolute Gasteiger partial charge is 0.314 e. The van der Waals surface area contributed by atoms with Crippen LogP contribution in [0.15, 0.2) is 0 Å². The van der Waals surface area contributed by atoms with Crippen molar-refractivity contribution in [3.05, 3.63) is 0 Å². The molecule has 3 aliphatic heterocycles. The first-order valence-electron chi connectivity index (χ1n) is 8.36. The van der Waals surface area contributed by atoms with Crippen molar-refractivity contribution in [2.24, 2.45) is 5.92 Å². The van der Waals surface area contributed by atoms with Gasteiger partial charge in [0.25, 0.3) is 10.2 Å². The highest BCUT2D eigenvalue weighted by molar-refractivity contribution is 7.86.